The van der Waals surface area contributed by atoms with E-state index in [9.17, 15) is 9.59 Å². The number of carbonyl (C=O) groups is 1. The highest BCUT2D eigenvalue weighted by molar-refractivity contribution is 7.17. The smallest absolute Gasteiger partial charge is 0.266 e. The van der Waals surface area contributed by atoms with Gasteiger partial charge in [0.25, 0.3) is 5.56 Å². The zero-order valence-electron chi connectivity index (χ0n) is 15.9. The van der Waals surface area contributed by atoms with Gasteiger partial charge in [0.15, 0.2) is 0 Å². The Morgan fingerprint density at radius 1 is 1.11 bits per heavy atom. The fourth-order valence-electron chi connectivity index (χ4n) is 3.66. The summed E-state index contributed by atoms with van der Waals surface area (Å²) in [6.07, 6.45) is 2.36. The summed E-state index contributed by atoms with van der Waals surface area (Å²) in [5.74, 6) is 1.00. The molecule has 0 atom stereocenters. The number of aromatic nitrogens is 1. The third-order valence-corrected chi connectivity index (χ3v) is 5.93. The van der Waals surface area contributed by atoms with E-state index in [0.717, 1.165) is 50.7 Å². The van der Waals surface area contributed by atoms with E-state index in [4.69, 9.17) is 4.74 Å². The van der Waals surface area contributed by atoms with Crippen LogP contribution in [0, 0.1) is 0 Å². The van der Waals surface area contributed by atoms with Crippen molar-refractivity contribution in [3.8, 4) is 16.9 Å². The summed E-state index contributed by atoms with van der Waals surface area (Å²) < 4.78 is 6.38. The third kappa shape index (κ3) is 3.34. The third-order valence-electron chi connectivity index (χ3n) is 5.01. The van der Waals surface area contributed by atoms with Crippen molar-refractivity contribution in [1.82, 2.24) is 4.98 Å². The molecule has 0 saturated carbocycles. The Morgan fingerprint density at radius 2 is 1.89 bits per heavy atom. The number of thiophene rings is 1. The van der Waals surface area contributed by atoms with Crippen molar-refractivity contribution in [3.63, 3.8) is 0 Å². The fraction of sp³-hybridized carbons (Fsp3) is 0.217. The van der Waals surface area contributed by atoms with E-state index in [2.05, 4.69) is 29.2 Å². The van der Waals surface area contributed by atoms with Gasteiger partial charge in [0, 0.05) is 28.3 Å². The number of rotatable bonds is 6. The van der Waals surface area contributed by atoms with E-state index >= 15 is 0 Å². The molecule has 4 nitrogen and oxygen atoms in total. The minimum absolute atomic E-state index is 0.0607. The highest BCUT2D eigenvalue weighted by atomic mass is 32.1. The molecule has 0 saturated heterocycles. The lowest BCUT2D eigenvalue weighted by atomic mass is 9.95. The van der Waals surface area contributed by atoms with Gasteiger partial charge in [-0.2, -0.15) is 0 Å². The molecular weight excluding hydrogens is 370 g/mol. The van der Waals surface area contributed by atoms with Crippen LogP contribution >= 0.6 is 11.3 Å². The molecule has 28 heavy (non-hydrogen) atoms. The predicted octanol–water partition coefficient (Wildman–Crippen LogP) is 5.33. The van der Waals surface area contributed by atoms with Crippen LogP contribution in [0.15, 0.2) is 52.6 Å². The van der Waals surface area contributed by atoms with Gasteiger partial charge in [0.2, 0.25) is 0 Å². The zero-order valence-corrected chi connectivity index (χ0v) is 16.7. The van der Waals surface area contributed by atoms with Gasteiger partial charge in [-0.1, -0.05) is 24.3 Å². The highest BCUT2D eigenvalue weighted by Gasteiger charge is 2.16. The number of methoxy groups -OCH3 is 1. The Kier molecular flexibility index (Phi) is 5.01. The number of pyridine rings is 1. The predicted molar refractivity (Wildman–Crippen MR) is 116 cm³/mol. The van der Waals surface area contributed by atoms with Crippen molar-refractivity contribution in [2.45, 2.75) is 26.2 Å². The molecule has 0 bridgehead atoms. The summed E-state index contributed by atoms with van der Waals surface area (Å²) in [6, 6.07) is 14.2. The highest BCUT2D eigenvalue weighted by Crippen LogP contribution is 2.40. The van der Waals surface area contributed by atoms with Gasteiger partial charge in [0.1, 0.15) is 16.2 Å². The summed E-state index contributed by atoms with van der Waals surface area (Å²) >= 11 is 1.45. The molecule has 2 heterocycles. The van der Waals surface area contributed by atoms with Gasteiger partial charge in [-0.3, -0.25) is 4.79 Å². The molecule has 0 fully saturated rings. The van der Waals surface area contributed by atoms with Gasteiger partial charge < -0.3 is 14.5 Å². The van der Waals surface area contributed by atoms with E-state index in [1.165, 1.54) is 16.9 Å². The van der Waals surface area contributed by atoms with Gasteiger partial charge in [-0.25, -0.2) is 0 Å². The molecule has 2 aromatic carbocycles. The average Bonchev–Trinajstić information content (AvgIpc) is 3.18. The van der Waals surface area contributed by atoms with E-state index in [-0.39, 0.29) is 11.3 Å². The molecule has 0 aliphatic heterocycles. The Morgan fingerprint density at radius 3 is 2.61 bits per heavy atom. The van der Waals surface area contributed by atoms with Crippen molar-refractivity contribution in [2.24, 2.45) is 0 Å². The number of carbonyl (C=O) groups excluding carboxylic acids is 1. The molecule has 0 radical (unpaired) electrons. The van der Waals surface area contributed by atoms with Crippen LogP contribution in [0.4, 0.5) is 0 Å². The topological polar surface area (TPSA) is 59.2 Å². The molecule has 0 spiro atoms. The van der Waals surface area contributed by atoms with Crippen LogP contribution in [0.1, 0.15) is 25.3 Å². The Hall–Kier alpha value is -2.92. The summed E-state index contributed by atoms with van der Waals surface area (Å²) in [6.45, 7) is 1.63. The van der Waals surface area contributed by atoms with E-state index in [0.29, 0.717) is 6.42 Å². The fourth-order valence-corrected chi connectivity index (χ4v) is 4.46. The molecule has 0 aliphatic carbocycles. The van der Waals surface area contributed by atoms with Crippen LogP contribution in [-0.2, 0) is 11.2 Å². The van der Waals surface area contributed by atoms with E-state index in [1.807, 2.05) is 23.6 Å². The van der Waals surface area contributed by atoms with Crippen molar-refractivity contribution in [1.29, 1.82) is 0 Å². The van der Waals surface area contributed by atoms with Crippen LogP contribution in [0.3, 0.4) is 0 Å². The number of aryl methyl sites for hydroxylation is 1. The van der Waals surface area contributed by atoms with Gasteiger partial charge in [-0.15, -0.1) is 11.3 Å². The first-order valence-electron chi connectivity index (χ1n) is 9.27. The lowest BCUT2D eigenvalue weighted by Crippen LogP contribution is -2.05. The second-order valence-corrected chi connectivity index (χ2v) is 7.85. The average molecular weight is 391 g/mol. The van der Waals surface area contributed by atoms with Crippen LogP contribution in [0.2, 0.25) is 0 Å². The van der Waals surface area contributed by atoms with Crippen LogP contribution in [0.25, 0.3) is 32.1 Å². The lowest BCUT2D eigenvalue weighted by molar-refractivity contribution is -0.117. The zero-order chi connectivity index (χ0) is 19.7. The van der Waals surface area contributed by atoms with Crippen molar-refractivity contribution < 1.29 is 9.53 Å². The molecular formula is C23H21NO3S. The number of hydrogen-bond acceptors (Lipinski definition) is 4. The second-order valence-electron chi connectivity index (χ2n) is 6.94. The number of Topliss-reactive ketones (excluding diaryl/α,β-unsaturated/α-hetero) is 1. The molecule has 0 unspecified atom stereocenters. The molecule has 4 aromatic rings. The summed E-state index contributed by atoms with van der Waals surface area (Å²) in [7, 11) is 1.66. The van der Waals surface area contributed by atoms with Crippen molar-refractivity contribution in [2.75, 3.05) is 7.11 Å². The number of ketones is 1. The maximum atomic E-state index is 12.3. The minimum Gasteiger partial charge on any atom is -0.496 e. The number of aromatic amines is 1. The maximum Gasteiger partial charge on any atom is 0.266 e. The van der Waals surface area contributed by atoms with Gasteiger partial charge in [0.05, 0.1) is 7.11 Å². The Labute approximate surface area is 166 Å². The Bertz CT molecular complexity index is 1220. The summed E-state index contributed by atoms with van der Waals surface area (Å²) in [4.78, 5) is 26.5. The normalized spacial score (nSPS) is 11.2. The van der Waals surface area contributed by atoms with Crippen LogP contribution in [-0.4, -0.2) is 17.9 Å². The van der Waals surface area contributed by atoms with E-state index < -0.39 is 0 Å². The standard InChI is InChI=1S/C23H21NO3S/c1-14(25)4-3-5-15-6-8-16(9-7-15)20-19(27-2)11-10-18-21(20)17-12-13-28-22(17)23(26)24-18/h6-13H,3-5H2,1-2H3,(H,24,26). The number of fused-ring (bicyclic) bond motifs is 3. The second kappa shape index (κ2) is 7.60. The first kappa shape index (κ1) is 18.4. The number of benzene rings is 2. The molecule has 2 aromatic heterocycles. The van der Waals surface area contributed by atoms with Crippen LogP contribution in [0.5, 0.6) is 5.75 Å². The quantitative estimate of drug-likeness (QED) is 0.483. The van der Waals surface area contributed by atoms with E-state index in [1.54, 1.807) is 14.0 Å². The van der Waals surface area contributed by atoms with Gasteiger partial charge in [-0.05, 0) is 54.5 Å². The largest absolute Gasteiger partial charge is 0.496 e. The lowest BCUT2D eigenvalue weighted by Gasteiger charge is -2.14. The van der Waals surface area contributed by atoms with Crippen molar-refractivity contribution >= 4 is 38.1 Å². The first-order chi connectivity index (χ1) is 13.6. The summed E-state index contributed by atoms with van der Waals surface area (Å²) in [5.41, 5.74) is 3.97. The monoisotopic (exact) mass is 391 g/mol. The number of H-pyrrole nitrogens is 1. The molecule has 4 rings (SSSR count). The number of nitrogens with one attached hydrogen (secondary N) is 1. The molecule has 0 aliphatic rings. The van der Waals surface area contributed by atoms with Crippen molar-refractivity contribution in [3.05, 3.63) is 63.8 Å². The molecule has 5 heteroatoms. The molecule has 0 amide bonds. The molecule has 1 N–H and O–H groups in total. The summed E-state index contributed by atoms with van der Waals surface area (Å²) in [5, 5.41) is 3.89. The SMILES string of the molecule is COc1ccc2[nH]c(=O)c3sccc3c2c1-c1ccc(CCCC(C)=O)cc1. The van der Waals surface area contributed by atoms with Gasteiger partial charge >= 0.3 is 0 Å². The number of hydrogen-bond donors (Lipinski definition) is 1. The Balaban J connectivity index is 1.84. The number of ether oxygens (including phenoxy) is 1. The van der Waals surface area contributed by atoms with Crippen LogP contribution < -0.4 is 10.3 Å². The maximum absolute atomic E-state index is 12.3. The minimum atomic E-state index is -0.0607. The first-order valence-corrected chi connectivity index (χ1v) is 10.2. The molecule has 142 valence electrons.